The summed E-state index contributed by atoms with van der Waals surface area (Å²) in [6.07, 6.45) is 0.362. The Bertz CT molecular complexity index is 706. The fraction of sp³-hybridized carbons (Fsp3) is 0.176. The zero-order valence-corrected chi connectivity index (χ0v) is 13.0. The van der Waals surface area contributed by atoms with Crippen LogP contribution in [0, 0.1) is 5.82 Å². The van der Waals surface area contributed by atoms with Crippen LogP contribution in [0.1, 0.15) is 15.9 Å². The van der Waals surface area contributed by atoms with Gasteiger partial charge in [-0.15, -0.1) is 0 Å². The molecule has 0 aromatic heterocycles. The molecule has 120 valence electrons. The van der Waals surface area contributed by atoms with E-state index in [0.717, 1.165) is 0 Å². The average Bonchev–Trinajstić information content (AvgIpc) is 2.54. The van der Waals surface area contributed by atoms with Crippen LogP contribution < -0.4 is 5.32 Å². The molecule has 0 radical (unpaired) electrons. The van der Waals surface area contributed by atoms with Crippen LogP contribution in [0.25, 0.3) is 0 Å². The van der Waals surface area contributed by atoms with E-state index in [9.17, 15) is 14.0 Å². The minimum Gasteiger partial charge on any atom is -0.452 e. The summed E-state index contributed by atoms with van der Waals surface area (Å²) in [6, 6.07) is 12.6. The van der Waals surface area contributed by atoms with Crippen molar-refractivity contribution in [2.75, 3.05) is 13.2 Å². The maximum Gasteiger partial charge on any atom is 0.338 e. The Hall–Kier alpha value is -2.40. The summed E-state index contributed by atoms with van der Waals surface area (Å²) in [5.74, 6) is -1.39. The molecule has 2 aromatic carbocycles. The van der Waals surface area contributed by atoms with Crippen molar-refractivity contribution in [2.45, 2.75) is 6.42 Å². The number of ether oxygens (including phenoxy) is 1. The van der Waals surface area contributed by atoms with Gasteiger partial charge in [-0.25, -0.2) is 9.18 Å². The predicted octanol–water partition coefficient (Wildman–Crippen LogP) is 2.99. The highest BCUT2D eigenvalue weighted by molar-refractivity contribution is 6.30. The number of hydrogen-bond acceptors (Lipinski definition) is 3. The lowest BCUT2D eigenvalue weighted by Crippen LogP contribution is -2.30. The third-order valence-electron chi connectivity index (χ3n) is 3.07. The van der Waals surface area contributed by atoms with Gasteiger partial charge in [0.1, 0.15) is 5.82 Å². The summed E-state index contributed by atoms with van der Waals surface area (Å²) >= 11 is 5.77. The summed E-state index contributed by atoms with van der Waals surface area (Å²) < 4.78 is 18.3. The van der Waals surface area contributed by atoms with Crippen molar-refractivity contribution < 1.29 is 18.7 Å². The van der Waals surface area contributed by atoms with E-state index in [1.165, 1.54) is 12.1 Å². The first kappa shape index (κ1) is 17.0. The molecule has 0 unspecified atom stereocenters. The molecule has 0 aliphatic rings. The Morgan fingerprint density at radius 3 is 2.65 bits per heavy atom. The van der Waals surface area contributed by atoms with Gasteiger partial charge in [0.05, 0.1) is 5.56 Å². The molecule has 0 atom stereocenters. The van der Waals surface area contributed by atoms with Crippen LogP contribution in [-0.2, 0) is 16.0 Å². The summed E-state index contributed by atoms with van der Waals surface area (Å²) in [5.41, 5.74) is 0.792. The van der Waals surface area contributed by atoms with Gasteiger partial charge >= 0.3 is 5.97 Å². The molecule has 0 spiro atoms. The van der Waals surface area contributed by atoms with Crippen LogP contribution in [-0.4, -0.2) is 25.0 Å². The normalized spacial score (nSPS) is 10.2. The van der Waals surface area contributed by atoms with E-state index < -0.39 is 18.5 Å². The number of amides is 1. The molecule has 4 nitrogen and oxygen atoms in total. The van der Waals surface area contributed by atoms with Crippen molar-refractivity contribution in [3.05, 3.63) is 70.5 Å². The second-order valence-corrected chi connectivity index (χ2v) is 5.21. The van der Waals surface area contributed by atoms with Crippen molar-refractivity contribution in [3.63, 3.8) is 0 Å². The summed E-state index contributed by atoms with van der Waals surface area (Å²) in [5, 5.41) is 2.98. The van der Waals surface area contributed by atoms with Crippen LogP contribution in [0.15, 0.2) is 48.5 Å². The molecule has 0 fully saturated rings. The van der Waals surface area contributed by atoms with E-state index in [1.807, 2.05) is 0 Å². The van der Waals surface area contributed by atoms with Crippen molar-refractivity contribution in [3.8, 4) is 0 Å². The van der Waals surface area contributed by atoms with Crippen LogP contribution >= 0.6 is 11.6 Å². The lowest BCUT2D eigenvalue weighted by molar-refractivity contribution is -0.124. The van der Waals surface area contributed by atoms with E-state index in [0.29, 0.717) is 17.0 Å². The van der Waals surface area contributed by atoms with Gasteiger partial charge < -0.3 is 10.1 Å². The van der Waals surface area contributed by atoms with Crippen LogP contribution in [0.3, 0.4) is 0 Å². The summed E-state index contributed by atoms with van der Waals surface area (Å²) in [4.78, 5) is 23.3. The Morgan fingerprint density at radius 1 is 1.13 bits per heavy atom. The maximum absolute atomic E-state index is 13.4. The number of rotatable bonds is 6. The van der Waals surface area contributed by atoms with E-state index in [4.69, 9.17) is 16.3 Å². The first-order valence-corrected chi connectivity index (χ1v) is 7.37. The molecule has 0 heterocycles. The van der Waals surface area contributed by atoms with Crippen molar-refractivity contribution in [1.29, 1.82) is 0 Å². The molecule has 2 aromatic rings. The molecule has 0 saturated carbocycles. The highest BCUT2D eigenvalue weighted by atomic mass is 35.5. The van der Waals surface area contributed by atoms with Gasteiger partial charge in [0.15, 0.2) is 6.61 Å². The smallest absolute Gasteiger partial charge is 0.338 e. The fourth-order valence-electron chi connectivity index (χ4n) is 1.92. The number of nitrogens with one attached hydrogen (secondary N) is 1. The Morgan fingerprint density at radius 2 is 1.91 bits per heavy atom. The summed E-state index contributed by atoms with van der Waals surface area (Å²) in [6.45, 7) is -0.142. The quantitative estimate of drug-likeness (QED) is 0.826. The number of halogens is 2. The second-order valence-electron chi connectivity index (χ2n) is 4.78. The maximum atomic E-state index is 13.4. The number of esters is 1. The molecule has 0 saturated heterocycles. The first-order valence-electron chi connectivity index (χ1n) is 6.99. The standard InChI is InChI=1S/C17H15ClFNO3/c18-14-6-3-5-13(10-14)17(22)23-11-16(21)20-9-8-12-4-1-2-7-15(12)19/h1-7,10H,8-9,11H2,(H,20,21). The van der Waals surface area contributed by atoms with E-state index in [2.05, 4.69) is 5.32 Å². The highest BCUT2D eigenvalue weighted by Crippen LogP contribution is 2.11. The minimum atomic E-state index is -0.628. The molecule has 1 N–H and O–H groups in total. The topological polar surface area (TPSA) is 55.4 Å². The fourth-order valence-corrected chi connectivity index (χ4v) is 2.11. The number of benzene rings is 2. The first-order chi connectivity index (χ1) is 11.1. The largest absolute Gasteiger partial charge is 0.452 e. The Kier molecular flexibility index (Phi) is 6.11. The SMILES string of the molecule is O=C(COC(=O)c1cccc(Cl)c1)NCCc1ccccc1F. The zero-order valence-electron chi connectivity index (χ0n) is 12.2. The number of hydrogen-bond donors (Lipinski definition) is 1. The van der Waals surface area contributed by atoms with E-state index >= 15 is 0 Å². The van der Waals surface area contributed by atoms with Gasteiger partial charge in [0, 0.05) is 11.6 Å². The van der Waals surface area contributed by atoms with E-state index in [-0.39, 0.29) is 17.9 Å². The van der Waals surface area contributed by atoms with Gasteiger partial charge in [-0.1, -0.05) is 35.9 Å². The molecular weight excluding hydrogens is 321 g/mol. The molecule has 0 aliphatic carbocycles. The average molecular weight is 336 g/mol. The van der Waals surface area contributed by atoms with Gasteiger partial charge in [0.2, 0.25) is 0 Å². The zero-order chi connectivity index (χ0) is 16.7. The van der Waals surface area contributed by atoms with Crippen molar-refractivity contribution in [2.24, 2.45) is 0 Å². The molecular formula is C17H15ClFNO3. The van der Waals surface area contributed by atoms with Crippen molar-refractivity contribution >= 4 is 23.5 Å². The lowest BCUT2D eigenvalue weighted by Gasteiger charge is -2.07. The van der Waals surface area contributed by atoms with E-state index in [1.54, 1.807) is 36.4 Å². The summed E-state index contributed by atoms with van der Waals surface area (Å²) in [7, 11) is 0. The van der Waals surface area contributed by atoms with Crippen molar-refractivity contribution in [1.82, 2.24) is 5.32 Å². The molecule has 2 rings (SSSR count). The Balaban J connectivity index is 1.73. The third-order valence-corrected chi connectivity index (χ3v) is 3.30. The molecule has 1 amide bonds. The van der Waals surface area contributed by atoms with Gasteiger partial charge in [-0.2, -0.15) is 0 Å². The van der Waals surface area contributed by atoms with Gasteiger partial charge in [-0.05, 0) is 36.2 Å². The second kappa shape index (κ2) is 8.29. The Labute approximate surface area is 138 Å². The van der Waals surface area contributed by atoms with Gasteiger partial charge in [0.25, 0.3) is 5.91 Å². The predicted molar refractivity (Wildman–Crippen MR) is 84.8 cm³/mol. The molecule has 6 heteroatoms. The number of carbonyl (C=O) groups is 2. The lowest BCUT2D eigenvalue weighted by atomic mass is 10.1. The van der Waals surface area contributed by atoms with Crippen LogP contribution in [0.4, 0.5) is 4.39 Å². The molecule has 23 heavy (non-hydrogen) atoms. The third kappa shape index (κ3) is 5.38. The minimum absolute atomic E-state index is 0.258. The van der Waals surface area contributed by atoms with Crippen LogP contribution in [0.5, 0.6) is 0 Å². The molecule has 0 bridgehead atoms. The van der Waals surface area contributed by atoms with Gasteiger partial charge in [-0.3, -0.25) is 4.79 Å². The van der Waals surface area contributed by atoms with Crippen LogP contribution in [0.2, 0.25) is 5.02 Å². The highest BCUT2D eigenvalue weighted by Gasteiger charge is 2.10. The number of carbonyl (C=O) groups excluding carboxylic acids is 2. The monoisotopic (exact) mass is 335 g/mol. The molecule has 0 aliphatic heterocycles.